The van der Waals surface area contributed by atoms with Crippen LogP contribution in [-0.4, -0.2) is 28.5 Å². The molecule has 0 saturated heterocycles. The fourth-order valence-corrected chi connectivity index (χ4v) is 2.95. The molecule has 9 heteroatoms. The summed E-state index contributed by atoms with van der Waals surface area (Å²) in [5.41, 5.74) is 2.04. The predicted molar refractivity (Wildman–Crippen MR) is 117 cm³/mol. The van der Waals surface area contributed by atoms with E-state index < -0.39 is 10.0 Å². The normalized spacial score (nSPS) is 11.6. The molecule has 2 rings (SSSR count). The van der Waals surface area contributed by atoms with E-state index in [-0.39, 0.29) is 28.9 Å². The van der Waals surface area contributed by atoms with Crippen LogP contribution in [0.15, 0.2) is 58.4 Å². The van der Waals surface area contributed by atoms with E-state index in [4.69, 9.17) is 11.6 Å². The van der Waals surface area contributed by atoms with Gasteiger partial charge in [-0.15, -0.1) is 24.0 Å². The third-order valence-electron chi connectivity index (χ3n) is 3.56. The third-order valence-corrected chi connectivity index (χ3v) is 5.24. The Morgan fingerprint density at radius 3 is 1.85 bits per heavy atom. The van der Waals surface area contributed by atoms with Crippen molar-refractivity contribution < 1.29 is 8.42 Å². The van der Waals surface area contributed by atoms with Crippen molar-refractivity contribution >= 4 is 51.6 Å². The van der Waals surface area contributed by atoms with E-state index >= 15 is 0 Å². The van der Waals surface area contributed by atoms with Crippen LogP contribution < -0.4 is 15.4 Å². The minimum atomic E-state index is -3.41. The van der Waals surface area contributed by atoms with Gasteiger partial charge in [0.25, 0.3) is 0 Å². The maximum Gasteiger partial charge on any atom is 0.240 e. The van der Waals surface area contributed by atoms with Crippen molar-refractivity contribution in [2.75, 3.05) is 14.1 Å². The van der Waals surface area contributed by atoms with Crippen LogP contribution in [0.5, 0.6) is 0 Å². The Morgan fingerprint density at radius 1 is 0.962 bits per heavy atom. The van der Waals surface area contributed by atoms with Crippen LogP contribution in [0.4, 0.5) is 0 Å². The summed E-state index contributed by atoms with van der Waals surface area (Å²) < 4.78 is 25.7. The van der Waals surface area contributed by atoms with Gasteiger partial charge in [-0.3, -0.25) is 4.99 Å². The lowest BCUT2D eigenvalue weighted by Crippen LogP contribution is -2.36. The molecule has 0 aliphatic heterocycles. The van der Waals surface area contributed by atoms with Gasteiger partial charge in [-0.2, -0.15) is 0 Å². The van der Waals surface area contributed by atoms with Crippen LogP contribution >= 0.6 is 35.6 Å². The molecule has 0 bridgehead atoms. The Hall–Kier alpha value is -1.36. The molecule has 0 fully saturated rings. The topological polar surface area (TPSA) is 82.6 Å². The van der Waals surface area contributed by atoms with Crippen molar-refractivity contribution in [1.82, 2.24) is 15.4 Å². The fraction of sp³-hybridized carbons (Fsp3) is 0.235. The first-order valence-corrected chi connectivity index (χ1v) is 9.52. The Labute approximate surface area is 176 Å². The summed E-state index contributed by atoms with van der Waals surface area (Å²) in [5.74, 6) is 0.655. The molecule has 0 aliphatic rings. The summed E-state index contributed by atoms with van der Waals surface area (Å²) in [6.45, 7) is 1.15. The lowest BCUT2D eigenvalue weighted by Gasteiger charge is -2.12. The second-order valence-corrected chi connectivity index (χ2v) is 7.58. The summed E-state index contributed by atoms with van der Waals surface area (Å²) in [5, 5.41) is 7.10. The zero-order chi connectivity index (χ0) is 18.3. The average Bonchev–Trinajstić information content (AvgIpc) is 2.63. The van der Waals surface area contributed by atoms with Crippen molar-refractivity contribution in [3.8, 4) is 0 Å². The van der Waals surface area contributed by atoms with E-state index in [0.29, 0.717) is 24.1 Å². The van der Waals surface area contributed by atoms with Gasteiger partial charge in [0.2, 0.25) is 10.0 Å². The molecular formula is C17H22ClIN4O2S. The molecule has 0 saturated carbocycles. The maximum absolute atomic E-state index is 11.7. The van der Waals surface area contributed by atoms with Crippen molar-refractivity contribution in [2.45, 2.75) is 18.0 Å². The quantitative estimate of drug-likeness (QED) is 0.318. The summed E-state index contributed by atoms with van der Waals surface area (Å²) in [4.78, 5) is 4.41. The smallest absolute Gasteiger partial charge is 0.240 e. The molecule has 6 nitrogen and oxygen atoms in total. The van der Waals surface area contributed by atoms with Gasteiger partial charge in [-0.1, -0.05) is 35.9 Å². The number of rotatable bonds is 6. The Kier molecular flexibility index (Phi) is 9.34. The summed E-state index contributed by atoms with van der Waals surface area (Å²) >= 11 is 5.87. The van der Waals surface area contributed by atoms with Crippen LogP contribution in [0.25, 0.3) is 0 Å². The molecule has 0 atom stereocenters. The number of hydrogen-bond donors (Lipinski definition) is 3. The van der Waals surface area contributed by atoms with E-state index in [9.17, 15) is 8.42 Å². The number of nitrogens with zero attached hydrogens (tertiary/aromatic N) is 1. The summed E-state index contributed by atoms with van der Waals surface area (Å²) in [6, 6.07) is 14.3. The fourth-order valence-electron chi connectivity index (χ4n) is 2.10. The number of sulfonamides is 1. The Bertz CT molecular complexity index is 825. The highest BCUT2D eigenvalue weighted by atomic mass is 127. The Balaban J connectivity index is 0.00000338. The van der Waals surface area contributed by atoms with Crippen LogP contribution in [0, 0.1) is 0 Å². The van der Waals surface area contributed by atoms with Gasteiger partial charge in [0, 0.05) is 25.2 Å². The number of halogens is 2. The highest BCUT2D eigenvalue weighted by Crippen LogP contribution is 2.10. The SMILES string of the molecule is CN=C(NCc1ccc(Cl)cc1)NCc1ccc(S(=O)(=O)NC)cc1.I. The van der Waals surface area contributed by atoms with Gasteiger partial charge in [-0.25, -0.2) is 13.1 Å². The molecule has 0 aliphatic carbocycles. The van der Waals surface area contributed by atoms with Crippen molar-refractivity contribution in [3.05, 3.63) is 64.7 Å². The van der Waals surface area contributed by atoms with Gasteiger partial charge in [0.15, 0.2) is 5.96 Å². The van der Waals surface area contributed by atoms with Gasteiger partial charge >= 0.3 is 0 Å². The highest BCUT2D eigenvalue weighted by Gasteiger charge is 2.10. The average molecular weight is 509 g/mol. The molecule has 0 radical (unpaired) electrons. The highest BCUT2D eigenvalue weighted by molar-refractivity contribution is 14.0. The molecule has 142 valence electrons. The number of hydrogen-bond acceptors (Lipinski definition) is 3. The molecule has 2 aromatic rings. The van der Waals surface area contributed by atoms with Gasteiger partial charge in [0.1, 0.15) is 0 Å². The molecular weight excluding hydrogens is 487 g/mol. The largest absolute Gasteiger partial charge is 0.352 e. The zero-order valence-electron chi connectivity index (χ0n) is 14.5. The van der Waals surface area contributed by atoms with Crippen molar-refractivity contribution in [2.24, 2.45) is 4.99 Å². The lowest BCUT2D eigenvalue weighted by atomic mass is 10.2. The number of guanidine groups is 1. The van der Waals surface area contributed by atoms with Crippen LogP contribution in [0.1, 0.15) is 11.1 Å². The van der Waals surface area contributed by atoms with Gasteiger partial charge < -0.3 is 10.6 Å². The number of benzene rings is 2. The first kappa shape index (κ1) is 22.7. The molecule has 26 heavy (non-hydrogen) atoms. The van der Waals surface area contributed by atoms with E-state index in [1.165, 1.54) is 7.05 Å². The van der Waals surface area contributed by atoms with Crippen LogP contribution in [-0.2, 0) is 23.1 Å². The Morgan fingerprint density at radius 2 is 1.42 bits per heavy atom. The zero-order valence-corrected chi connectivity index (χ0v) is 18.4. The minimum absolute atomic E-state index is 0. The molecule has 0 unspecified atom stereocenters. The molecule has 3 N–H and O–H groups in total. The number of aliphatic imine (C=N–C) groups is 1. The minimum Gasteiger partial charge on any atom is -0.352 e. The predicted octanol–water partition coefficient (Wildman–Crippen LogP) is 2.73. The van der Waals surface area contributed by atoms with Crippen molar-refractivity contribution in [1.29, 1.82) is 0 Å². The molecule has 0 amide bonds. The standard InChI is InChI=1S/C17H21ClN4O2S.HI/c1-19-17(21-11-13-3-7-15(18)8-4-13)22-12-14-5-9-16(10-6-14)25(23,24)20-2;/h3-10,20H,11-12H2,1-2H3,(H2,19,21,22);1H. The lowest BCUT2D eigenvalue weighted by molar-refractivity contribution is 0.588. The van der Waals surface area contributed by atoms with Crippen LogP contribution in [0.3, 0.4) is 0 Å². The van der Waals surface area contributed by atoms with E-state index in [0.717, 1.165) is 11.1 Å². The number of nitrogens with one attached hydrogen (secondary N) is 3. The van der Waals surface area contributed by atoms with Crippen LogP contribution in [0.2, 0.25) is 5.02 Å². The second kappa shape index (κ2) is 10.7. The molecule has 2 aromatic carbocycles. The maximum atomic E-state index is 11.7. The second-order valence-electron chi connectivity index (χ2n) is 5.26. The van der Waals surface area contributed by atoms with Gasteiger partial charge in [-0.05, 0) is 42.4 Å². The summed E-state index contributed by atoms with van der Waals surface area (Å²) in [6.07, 6.45) is 0. The van der Waals surface area contributed by atoms with Gasteiger partial charge in [0.05, 0.1) is 4.90 Å². The first-order valence-electron chi connectivity index (χ1n) is 7.66. The third kappa shape index (κ3) is 6.75. The monoisotopic (exact) mass is 508 g/mol. The first-order chi connectivity index (χ1) is 11.9. The van der Waals surface area contributed by atoms with E-state index in [1.54, 1.807) is 31.3 Å². The van der Waals surface area contributed by atoms with Crippen molar-refractivity contribution in [3.63, 3.8) is 0 Å². The molecule has 0 spiro atoms. The summed E-state index contributed by atoms with van der Waals surface area (Å²) in [7, 11) is -0.325. The van der Waals surface area contributed by atoms with E-state index in [1.807, 2.05) is 24.3 Å². The molecule has 0 heterocycles. The van der Waals surface area contributed by atoms with E-state index in [2.05, 4.69) is 20.3 Å². The molecule has 0 aromatic heterocycles.